The maximum atomic E-state index is 11.7. The number of carbonyl (C=O) groups is 1. The normalized spacial score (nSPS) is 12.4. The molecular weight excluding hydrogens is 216 g/mol. The van der Waals surface area contributed by atoms with Crippen LogP contribution in [0.3, 0.4) is 0 Å². The van der Waals surface area contributed by atoms with Crippen LogP contribution < -0.4 is 11.1 Å². The first kappa shape index (κ1) is 11.5. The van der Waals surface area contributed by atoms with Gasteiger partial charge in [-0.05, 0) is 19.1 Å². The molecule has 0 spiro atoms. The largest absolute Gasteiger partial charge is 0.349 e. The SMILES string of the molecule is CC(N)CNC(=O)c1cnc2ccccc2n1. The molecule has 0 aliphatic carbocycles. The Morgan fingerprint density at radius 3 is 2.82 bits per heavy atom. The van der Waals surface area contributed by atoms with E-state index in [1.54, 1.807) is 0 Å². The van der Waals surface area contributed by atoms with Crippen molar-refractivity contribution >= 4 is 16.9 Å². The standard InChI is InChI=1S/C12H14N4O/c1-8(13)6-15-12(17)11-7-14-9-4-2-3-5-10(9)16-11/h2-5,7-8H,6,13H2,1H3,(H,15,17). The van der Waals surface area contributed by atoms with Gasteiger partial charge in [-0.25, -0.2) is 4.98 Å². The number of para-hydroxylation sites is 2. The number of nitrogens with two attached hydrogens (primary N) is 1. The Labute approximate surface area is 99.1 Å². The van der Waals surface area contributed by atoms with E-state index in [4.69, 9.17) is 5.73 Å². The number of hydrogen-bond acceptors (Lipinski definition) is 4. The molecule has 2 aromatic rings. The topological polar surface area (TPSA) is 80.9 Å². The lowest BCUT2D eigenvalue weighted by atomic mass is 10.3. The van der Waals surface area contributed by atoms with Gasteiger partial charge in [-0.15, -0.1) is 0 Å². The third kappa shape index (κ3) is 2.76. The van der Waals surface area contributed by atoms with Crippen LogP contribution in [-0.2, 0) is 0 Å². The van der Waals surface area contributed by atoms with Crippen LogP contribution in [0.25, 0.3) is 11.0 Å². The second-order valence-electron chi connectivity index (χ2n) is 3.93. The number of carbonyl (C=O) groups excluding carboxylic acids is 1. The second-order valence-corrected chi connectivity index (χ2v) is 3.93. The lowest BCUT2D eigenvalue weighted by Crippen LogP contribution is -2.35. The van der Waals surface area contributed by atoms with Crippen LogP contribution in [0.1, 0.15) is 17.4 Å². The highest BCUT2D eigenvalue weighted by molar-refractivity contribution is 5.93. The van der Waals surface area contributed by atoms with E-state index in [0.717, 1.165) is 5.52 Å². The summed E-state index contributed by atoms with van der Waals surface area (Å²) in [5.41, 5.74) is 7.35. The molecule has 0 radical (unpaired) electrons. The zero-order valence-electron chi connectivity index (χ0n) is 9.55. The van der Waals surface area contributed by atoms with Gasteiger partial charge in [0.1, 0.15) is 5.69 Å². The molecule has 1 aromatic heterocycles. The van der Waals surface area contributed by atoms with Crippen molar-refractivity contribution in [2.45, 2.75) is 13.0 Å². The lowest BCUT2D eigenvalue weighted by molar-refractivity contribution is 0.0946. The Hall–Kier alpha value is -2.01. The first-order chi connectivity index (χ1) is 8.16. The molecular formula is C12H14N4O. The Morgan fingerprint density at radius 1 is 1.41 bits per heavy atom. The molecule has 17 heavy (non-hydrogen) atoms. The highest BCUT2D eigenvalue weighted by Crippen LogP contribution is 2.08. The summed E-state index contributed by atoms with van der Waals surface area (Å²) in [4.78, 5) is 20.1. The summed E-state index contributed by atoms with van der Waals surface area (Å²) in [6, 6.07) is 7.34. The zero-order valence-corrected chi connectivity index (χ0v) is 9.55. The average Bonchev–Trinajstić information content (AvgIpc) is 2.35. The van der Waals surface area contributed by atoms with Gasteiger partial charge in [0.25, 0.3) is 5.91 Å². The van der Waals surface area contributed by atoms with Crippen LogP contribution in [0.2, 0.25) is 0 Å². The number of rotatable bonds is 3. The van der Waals surface area contributed by atoms with E-state index in [0.29, 0.717) is 17.8 Å². The molecule has 1 amide bonds. The van der Waals surface area contributed by atoms with Crippen LogP contribution in [0.4, 0.5) is 0 Å². The number of hydrogen-bond donors (Lipinski definition) is 2. The van der Waals surface area contributed by atoms with E-state index in [-0.39, 0.29) is 11.9 Å². The summed E-state index contributed by atoms with van der Waals surface area (Å²) in [6.07, 6.45) is 1.47. The van der Waals surface area contributed by atoms with Gasteiger partial charge in [-0.2, -0.15) is 0 Å². The molecule has 0 fully saturated rings. The molecule has 5 heteroatoms. The lowest BCUT2D eigenvalue weighted by Gasteiger charge is -2.07. The Morgan fingerprint density at radius 2 is 2.12 bits per heavy atom. The number of benzene rings is 1. The van der Waals surface area contributed by atoms with Crippen molar-refractivity contribution in [3.05, 3.63) is 36.2 Å². The van der Waals surface area contributed by atoms with Gasteiger partial charge < -0.3 is 11.1 Å². The van der Waals surface area contributed by atoms with Crippen molar-refractivity contribution in [1.29, 1.82) is 0 Å². The number of fused-ring (bicyclic) bond motifs is 1. The molecule has 0 bridgehead atoms. The molecule has 1 unspecified atom stereocenters. The van der Waals surface area contributed by atoms with Gasteiger partial charge in [0.05, 0.1) is 17.2 Å². The zero-order chi connectivity index (χ0) is 12.3. The number of nitrogens with one attached hydrogen (secondary N) is 1. The molecule has 0 aliphatic rings. The van der Waals surface area contributed by atoms with E-state index in [1.165, 1.54) is 6.20 Å². The summed E-state index contributed by atoms with van der Waals surface area (Å²) in [5.74, 6) is -0.249. The highest BCUT2D eigenvalue weighted by Gasteiger charge is 2.08. The van der Waals surface area contributed by atoms with Gasteiger partial charge in [-0.3, -0.25) is 9.78 Å². The summed E-state index contributed by atoms with van der Waals surface area (Å²) in [5, 5.41) is 2.70. The second kappa shape index (κ2) is 4.88. The minimum Gasteiger partial charge on any atom is -0.349 e. The van der Waals surface area contributed by atoms with Gasteiger partial charge in [0.2, 0.25) is 0 Å². The van der Waals surface area contributed by atoms with Crippen molar-refractivity contribution in [2.75, 3.05) is 6.54 Å². The predicted molar refractivity (Wildman–Crippen MR) is 65.5 cm³/mol. The Kier molecular flexibility index (Phi) is 3.30. The molecule has 5 nitrogen and oxygen atoms in total. The minimum absolute atomic E-state index is 0.0765. The molecule has 0 saturated carbocycles. The molecule has 3 N–H and O–H groups in total. The van der Waals surface area contributed by atoms with Crippen molar-refractivity contribution in [2.24, 2.45) is 5.73 Å². The predicted octanol–water partition coefficient (Wildman–Crippen LogP) is 0.707. The fraction of sp³-hybridized carbons (Fsp3) is 0.250. The maximum absolute atomic E-state index is 11.7. The van der Waals surface area contributed by atoms with Gasteiger partial charge in [-0.1, -0.05) is 12.1 Å². The van der Waals surface area contributed by atoms with Crippen molar-refractivity contribution in [3.8, 4) is 0 Å². The Balaban J connectivity index is 2.21. The number of aromatic nitrogens is 2. The summed E-state index contributed by atoms with van der Waals surface area (Å²) >= 11 is 0. The number of amides is 1. The smallest absolute Gasteiger partial charge is 0.271 e. The van der Waals surface area contributed by atoms with Gasteiger partial charge in [0.15, 0.2) is 0 Å². The van der Waals surface area contributed by atoms with Crippen LogP contribution in [-0.4, -0.2) is 28.5 Å². The van der Waals surface area contributed by atoms with Crippen LogP contribution in [0, 0.1) is 0 Å². The van der Waals surface area contributed by atoms with Gasteiger partial charge in [0, 0.05) is 12.6 Å². The van der Waals surface area contributed by atoms with Crippen molar-refractivity contribution in [3.63, 3.8) is 0 Å². The first-order valence-electron chi connectivity index (χ1n) is 5.42. The van der Waals surface area contributed by atoms with Crippen LogP contribution in [0.5, 0.6) is 0 Å². The third-order valence-corrected chi connectivity index (χ3v) is 2.27. The number of nitrogens with zero attached hydrogens (tertiary/aromatic N) is 2. The molecule has 2 rings (SSSR count). The van der Waals surface area contributed by atoms with E-state index in [9.17, 15) is 4.79 Å². The van der Waals surface area contributed by atoms with Crippen LogP contribution in [0.15, 0.2) is 30.5 Å². The summed E-state index contributed by atoms with van der Waals surface area (Å²) < 4.78 is 0. The monoisotopic (exact) mass is 230 g/mol. The summed E-state index contributed by atoms with van der Waals surface area (Å²) in [7, 11) is 0. The molecule has 1 heterocycles. The molecule has 0 aliphatic heterocycles. The highest BCUT2D eigenvalue weighted by atomic mass is 16.1. The maximum Gasteiger partial charge on any atom is 0.271 e. The quantitative estimate of drug-likeness (QED) is 0.813. The Bertz CT molecular complexity index is 539. The molecule has 88 valence electrons. The van der Waals surface area contributed by atoms with E-state index in [2.05, 4.69) is 15.3 Å². The fourth-order valence-corrected chi connectivity index (χ4v) is 1.41. The van der Waals surface area contributed by atoms with Crippen molar-refractivity contribution < 1.29 is 4.79 Å². The van der Waals surface area contributed by atoms with Crippen molar-refractivity contribution in [1.82, 2.24) is 15.3 Å². The van der Waals surface area contributed by atoms with Gasteiger partial charge >= 0.3 is 0 Å². The minimum atomic E-state index is -0.249. The van der Waals surface area contributed by atoms with E-state index >= 15 is 0 Å². The van der Waals surface area contributed by atoms with E-state index in [1.807, 2.05) is 31.2 Å². The molecule has 1 atom stereocenters. The summed E-state index contributed by atoms with van der Waals surface area (Å²) in [6.45, 7) is 2.25. The molecule has 0 saturated heterocycles. The average molecular weight is 230 g/mol. The van der Waals surface area contributed by atoms with E-state index < -0.39 is 0 Å². The first-order valence-corrected chi connectivity index (χ1v) is 5.42. The fourth-order valence-electron chi connectivity index (χ4n) is 1.41. The third-order valence-electron chi connectivity index (χ3n) is 2.27. The van der Waals surface area contributed by atoms with Crippen LogP contribution >= 0.6 is 0 Å². The molecule has 1 aromatic carbocycles.